The molecular weight excluding hydrogens is 263 g/mol. The minimum absolute atomic E-state index is 0.0425. The smallest absolute Gasteiger partial charge is 0.335 e. The standard InChI is InChI=1S/C14H17FN2O3/c1-14(2,9-4-5-9)17-13(20)16-11-6-3-8(12(18)19)7-10(11)15/h3,6-7,9H,4-5H2,1-2H3,(H,18,19)(H2,16,17,20). The summed E-state index contributed by atoms with van der Waals surface area (Å²) in [5, 5.41) is 13.9. The summed E-state index contributed by atoms with van der Waals surface area (Å²) in [5.41, 5.74) is -0.535. The lowest BCUT2D eigenvalue weighted by Crippen LogP contribution is -2.47. The summed E-state index contributed by atoms with van der Waals surface area (Å²) in [7, 11) is 0. The number of carbonyl (C=O) groups is 2. The van der Waals surface area contributed by atoms with Gasteiger partial charge in [0.2, 0.25) is 0 Å². The van der Waals surface area contributed by atoms with Crippen molar-refractivity contribution in [1.29, 1.82) is 0 Å². The molecule has 0 radical (unpaired) electrons. The van der Waals surface area contributed by atoms with Crippen LogP contribution in [0.4, 0.5) is 14.9 Å². The fraction of sp³-hybridized carbons (Fsp3) is 0.429. The summed E-state index contributed by atoms with van der Waals surface area (Å²) in [6.45, 7) is 3.85. The van der Waals surface area contributed by atoms with Crippen LogP contribution < -0.4 is 10.6 Å². The van der Waals surface area contributed by atoms with E-state index in [-0.39, 0.29) is 16.8 Å². The fourth-order valence-electron chi connectivity index (χ4n) is 2.10. The number of urea groups is 1. The highest BCUT2D eigenvalue weighted by atomic mass is 19.1. The van der Waals surface area contributed by atoms with Crippen molar-refractivity contribution in [3.63, 3.8) is 0 Å². The second kappa shape index (κ2) is 5.11. The Labute approximate surface area is 116 Å². The normalized spacial score (nSPS) is 14.8. The molecule has 2 amide bonds. The number of anilines is 1. The first-order valence-corrected chi connectivity index (χ1v) is 6.41. The van der Waals surface area contributed by atoms with Crippen molar-refractivity contribution in [1.82, 2.24) is 5.32 Å². The molecule has 1 aliphatic carbocycles. The van der Waals surface area contributed by atoms with E-state index in [0.29, 0.717) is 5.92 Å². The number of amides is 2. The Kier molecular flexibility index (Phi) is 3.65. The molecule has 0 aromatic heterocycles. The van der Waals surface area contributed by atoms with Gasteiger partial charge in [0.1, 0.15) is 5.82 Å². The van der Waals surface area contributed by atoms with Crippen LogP contribution in [0.2, 0.25) is 0 Å². The van der Waals surface area contributed by atoms with Crippen LogP contribution in [0.3, 0.4) is 0 Å². The molecule has 108 valence electrons. The van der Waals surface area contributed by atoms with Crippen molar-refractivity contribution in [3.05, 3.63) is 29.6 Å². The van der Waals surface area contributed by atoms with Crippen LogP contribution in [0.1, 0.15) is 37.0 Å². The van der Waals surface area contributed by atoms with E-state index in [1.54, 1.807) is 0 Å². The molecule has 20 heavy (non-hydrogen) atoms. The predicted octanol–water partition coefficient (Wildman–Crippen LogP) is 2.83. The Balaban J connectivity index is 2.02. The van der Waals surface area contributed by atoms with Gasteiger partial charge >= 0.3 is 12.0 Å². The number of carboxylic acids is 1. The van der Waals surface area contributed by atoms with Crippen LogP contribution >= 0.6 is 0 Å². The average molecular weight is 280 g/mol. The number of halogens is 1. The van der Waals surface area contributed by atoms with E-state index in [2.05, 4.69) is 10.6 Å². The summed E-state index contributed by atoms with van der Waals surface area (Å²) in [5.74, 6) is -1.54. The monoisotopic (exact) mass is 280 g/mol. The Morgan fingerprint density at radius 3 is 2.50 bits per heavy atom. The van der Waals surface area contributed by atoms with Crippen molar-refractivity contribution in [2.75, 3.05) is 5.32 Å². The van der Waals surface area contributed by atoms with Crippen molar-refractivity contribution in [2.24, 2.45) is 5.92 Å². The first-order chi connectivity index (χ1) is 9.29. The van der Waals surface area contributed by atoms with Gasteiger partial charge in [-0.3, -0.25) is 0 Å². The van der Waals surface area contributed by atoms with Crippen molar-refractivity contribution in [2.45, 2.75) is 32.2 Å². The van der Waals surface area contributed by atoms with E-state index < -0.39 is 17.8 Å². The Hall–Kier alpha value is -2.11. The highest BCUT2D eigenvalue weighted by Crippen LogP contribution is 2.39. The molecule has 0 heterocycles. The van der Waals surface area contributed by atoms with Gasteiger partial charge in [0.25, 0.3) is 0 Å². The van der Waals surface area contributed by atoms with Crippen molar-refractivity contribution < 1.29 is 19.1 Å². The molecule has 0 atom stereocenters. The van der Waals surface area contributed by atoms with Gasteiger partial charge in [-0.05, 0) is 50.8 Å². The largest absolute Gasteiger partial charge is 0.478 e. The first-order valence-electron chi connectivity index (χ1n) is 6.41. The number of rotatable bonds is 4. The molecule has 1 aliphatic rings. The zero-order valence-corrected chi connectivity index (χ0v) is 11.4. The Bertz CT molecular complexity index is 553. The van der Waals surface area contributed by atoms with Crippen molar-refractivity contribution >= 4 is 17.7 Å². The maximum absolute atomic E-state index is 13.7. The number of carbonyl (C=O) groups excluding carboxylic acids is 1. The topological polar surface area (TPSA) is 78.4 Å². The molecule has 0 unspecified atom stereocenters. The zero-order chi connectivity index (χ0) is 14.9. The second-order valence-electron chi connectivity index (χ2n) is 5.57. The highest BCUT2D eigenvalue weighted by molar-refractivity contribution is 5.92. The molecule has 6 heteroatoms. The van der Waals surface area contributed by atoms with Gasteiger partial charge < -0.3 is 15.7 Å². The highest BCUT2D eigenvalue weighted by Gasteiger charge is 2.38. The number of hydrogen-bond donors (Lipinski definition) is 3. The predicted molar refractivity (Wildman–Crippen MR) is 72.3 cm³/mol. The number of carboxylic acid groups (broad SMARTS) is 1. The molecular formula is C14H17FN2O3. The van der Waals surface area contributed by atoms with Crippen LogP contribution in [-0.4, -0.2) is 22.6 Å². The molecule has 1 aromatic carbocycles. The lowest BCUT2D eigenvalue weighted by molar-refractivity contribution is 0.0696. The van der Waals surface area contributed by atoms with E-state index >= 15 is 0 Å². The summed E-state index contributed by atoms with van der Waals surface area (Å²) in [6.07, 6.45) is 2.16. The van der Waals surface area contributed by atoms with Crippen LogP contribution in [0, 0.1) is 11.7 Å². The number of hydrogen-bond acceptors (Lipinski definition) is 2. The third kappa shape index (κ3) is 3.26. The third-order valence-corrected chi connectivity index (χ3v) is 3.50. The van der Waals surface area contributed by atoms with E-state index in [1.807, 2.05) is 13.8 Å². The minimum Gasteiger partial charge on any atom is -0.478 e. The SMILES string of the molecule is CC(C)(NC(=O)Nc1ccc(C(=O)O)cc1F)C1CC1. The summed E-state index contributed by atoms with van der Waals surface area (Å²) in [4.78, 5) is 22.5. The second-order valence-corrected chi connectivity index (χ2v) is 5.57. The van der Waals surface area contributed by atoms with Gasteiger partial charge in [-0.2, -0.15) is 0 Å². The molecule has 1 saturated carbocycles. The number of nitrogens with one attached hydrogen (secondary N) is 2. The molecule has 0 bridgehead atoms. The van der Waals surface area contributed by atoms with Gasteiger partial charge in [-0.25, -0.2) is 14.0 Å². The summed E-state index contributed by atoms with van der Waals surface area (Å²) in [6, 6.07) is 2.86. The molecule has 0 aliphatic heterocycles. The lowest BCUT2D eigenvalue weighted by Gasteiger charge is -2.26. The zero-order valence-electron chi connectivity index (χ0n) is 11.4. The summed E-state index contributed by atoms with van der Waals surface area (Å²) < 4.78 is 13.7. The molecule has 3 N–H and O–H groups in total. The molecule has 2 rings (SSSR count). The van der Waals surface area contributed by atoms with Crippen LogP contribution in [-0.2, 0) is 0 Å². The van der Waals surface area contributed by atoms with Crippen LogP contribution in [0.5, 0.6) is 0 Å². The van der Waals surface area contributed by atoms with Gasteiger partial charge in [-0.1, -0.05) is 0 Å². The lowest BCUT2D eigenvalue weighted by atomic mass is 9.99. The van der Waals surface area contributed by atoms with Crippen LogP contribution in [0.25, 0.3) is 0 Å². The molecule has 5 nitrogen and oxygen atoms in total. The van der Waals surface area contributed by atoms with Gasteiger partial charge in [0.05, 0.1) is 11.3 Å². The number of aromatic carboxylic acids is 1. The van der Waals surface area contributed by atoms with E-state index in [9.17, 15) is 14.0 Å². The molecule has 1 aromatic rings. The maximum atomic E-state index is 13.7. The Morgan fingerprint density at radius 2 is 2.00 bits per heavy atom. The van der Waals surface area contributed by atoms with E-state index in [4.69, 9.17) is 5.11 Å². The molecule has 1 fully saturated rings. The van der Waals surface area contributed by atoms with Crippen molar-refractivity contribution in [3.8, 4) is 0 Å². The maximum Gasteiger partial charge on any atom is 0.335 e. The van der Waals surface area contributed by atoms with E-state index in [0.717, 1.165) is 18.9 Å². The minimum atomic E-state index is -1.21. The average Bonchev–Trinajstić information content (AvgIpc) is 3.14. The van der Waals surface area contributed by atoms with Gasteiger partial charge in [0.15, 0.2) is 0 Å². The van der Waals surface area contributed by atoms with E-state index in [1.165, 1.54) is 12.1 Å². The Morgan fingerprint density at radius 1 is 1.35 bits per heavy atom. The van der Waals surface area contributed by atoms with Gasteiger partial charge in [0, 0.05) is 5.54 Å². The summed E-state index contributed by atoms with van der Waals surface area (Å²) >= 11 is 0. The fourth-order valence-corrected chi connectivity index (χ4v) is 2.10. The molecule has 0 saturated heterocycles. The first kappa shape index (κ1) is 14.3. The van der Waals surface area contributed by atoms with Gasteiger partial charge in [-0.15, -0.1) is 0 Å². The number of benzene rings is 1. The molecule has 0 spiro atoms. The van der Waals surface area contributed by atoms with Crippen LogP contribution in [0.15, 0.2) is 18.2 Å². The third-order valence-electron chi connectivity index (χ3n) is 3.50. The quantitative estimate of drug-likeness (QED) is 0.793.